The molecule has 1 atom stereocenters. The number of hydrogen-bond donors (Lipinski definition) is 2. The van der Waals surface area contributed by atoms with Crippen molar-refractivity contribution in [3.05, 3.63) is 50.6 Å². The number of thioether (sulfide) groups is 1. The molecule has 0 saturated carbocycles. The highest BCUT2D eigenvalue weighted by atomic mass is 32.2. The molecule has 1 unspecified atom stereocenters. The Morgan fingerprint density at radius 3 is 2.70 bits per heavy atom. The molecule has 1 aromatic carbocycles. The van der Waals surface area contributed by atoms with Crippen LogP contribution in [0.1, 0.15) is 48.0 Å². The molecule has 0 aliphatic heterocycles. The summed E-state index contributed by atoms with van der Waals surface area (Å²) in [7, 11) is 0. The van der Waals surface area contributed by atoms with Crippen LogP contribution in [-0.4, -0.2) is 27.1 Å². The van der Waals surface area contributed by atoms with Crippen LogP contribution in [0.2, 0.25) is 0 Å². The van der Waals surface area contributed by atoms with Crippen LogP contribution in [0.4, 0.5) is 5.69 Å². The summed E-state index contributed by atoms with van der Waals surface area (Å²) in [5.74, 6) is 0.288. The van der Waals surface area contributed by atoms with E-state index in [1.54, 1.807) is 40.2 Å². The van der Waals surface area contributed by atoms with Gasteiger partial charge in [0.1, 0.15) is 4.83 Å². The van der Waals surface area contributed by atoms with Gasteiger partial charge >= 0.3 is 0 Å². The Kier molecular flexibility index (Phi) is 6.90. The normalized spacial score (nSPS) is 15.6. The van der Waals surface area contributed by atoms with Gasteiger partial charge in [0, 0.05) is 22.7 Å². The molecule has 9 heteroatoms. The fourth-order valence-electron chi connectivity index (χ4n) is 4.09. The van der Waals surface area contributed by atoms with Gasteiger partial charge in [-0.1, -0.05) is 32.5 Å². The summed E-state index contributed by atoms with van der Waals surface area (Å²) >= 11 is 2.90. The fraction of sp³-hybridized carbons (Fsp3) is 0.417. The van der Waals surface area contributed by atoms with Crippen LogP contribution in [0.3, 0.4) is 0 Å². The number of nitrogens with one attached hydrogen (secondary N) is 1. The van der Waals surface area contributed by atoms with Gasteiger partial charge in [0.15, 0.2) is 5.16 Å². The highest BCUT2D eigenvalue weighted by molar-refractivity contribution is 7.99. The van der Waals surface area contributed by atoms with Crippen molar-refractivity contribution in [2.45, 2.75) is 51.7 Å². The average molecular weight is 485 g/mol. The molecule has 2 heterocycles. The van der Waals surface area contributed by atoms with Crippen LogP contribution < -0.4 is 16.6 Å². The van der Waals surface area contributed by atoms with Crippen molar-refractivity contribution in [2.24, 2.45) is 17.6 Å². The van der Waals surface area contributed by atoms with Crippen molar-refractivity contribution in [2.75, 3.05) is 11.1 Å². The van der Waals surface area contributed by atoms with E-state index in [2.05, 4.69) is 26.1 Å². The molecule has 2 amide bonds. The number of aryl methyl sites for hydroxylation is 1. The molecule has 0 saturated heterocycles. The fourth-order valence-corrected chi connectivity index (χ4v) is 6.32. The van der Waals surface area contributed by atoms with Crippen LogP contribution in [0.15, 0.2) is 34.2 Å². The molecule has 3 N–H and O–H groups in total. The minimum absolute atomic E-state index is 0.00528. The van der Waals surface area contributed by atoms with Crippen molar-refractivity contribution in [3.63, 3.8) is 0 Å². The Labute approximate surface area is 200 Å². The second-order valence-corrected chi connectivity index (χ2v) is 11.0. The number of aromatic nitrogens is 2. The number of primary amides is 1. The zero-order valence-electron chi connectivity index (χ0n) is 19.0. The summed E-state index contributed by atoms with van der Waals surface area (Å²) in [4.78, 5) is 44.2. The molecule has 4 rings (SSSR count). The summed E-state index contributed by atoms with van der Waals surface area (Å²) < 4.78 is 1.73. The number of benzene rings is 1. The molecule has 1 aliphatic carbocycles. The number of fused-ring (bicyclic) bond motifs is 3. The zero-order chi connectivity index (χ0) is 23.7. The van der Waals surface area contributed by atoms with E-state index in [9.17, 15) is 14.4 Å². The number of hydrogen-bond acceptors (Lipinski definition) is 6. The quantitative estimate of drug-likeness (QED) is 0.388. The van der Waals surface area contributed by atoms with Crippen molar-refractivity contribution in [1.82, 2.24) is 9.55 Å². The highest BCUT2D eigenvalue weighted by Crippen LogP contribution is 2.36. The average Bonchev–Trinajstić information content (AvgIpc) is 3.12. The first kappa shape index (κ1) is 23.5. The summed E-state index contributed by atoms with van der Waals surface area (Å²) in [6.45, 7) is 6.94. The molecule has 0 bridgehead atoms. The van der Waals surface area contributed by atoms with E-state index in [0.29, 0.717) is 28.9 Å². The van der Waals surface area contributed by atoms with E-state index in [0.717, 1.165) is 29.5 Å². The van der Waals surface area contributed by atoms with Gasteiger partial charge in [0.25, 0.3) is 5.56 Å². The molecule has 0 radical (unpaired) electrons. The molecular formula is C24H28N4O3S2. The maximum absolute atomic E-state index is 13.5. The lowest BCUT2D eigenvalue weighted by atomic mass is 9.89. The molecular weight excluding hydrogens is 456 g/mol. The van der Waals surface area contributed by atoms with E-state index in [-0.39, 0.29) is 23.1 Å². The van der Waals surface area contributed by atoms with Crippen LogP contribution in [-0.2, 0) is 24.2 Å². The zero-order valence-corrected chi connectivity index (χ0v) is 20.6. The first-order chi connectivity index (χ1) is 15.7. The van der Waals surface area contributed by atoms with Crippen LogP contribution in [0.5, 0.6) is 0 Å². The second-order valence-electron chi connectivity index (χ2n) is 9.01. The number of carbonyl (C=O) groups is 2. The number of nitrogens with zero attached hydrogens (tertiary/aromatic N) is 2. The van der Waals surface area contributed by atoms with Gasteiger partial charge in [-0.3, -0.25) is 19.0 Å². The molecule has 2 aromatic heterocycles. The first-order valence-electron chi connectivity index (χ1n) is 11.1. The number of rotatable bonds is 7. The highest BCUT2D eigenvalue weighted by Gasteiger charge is 2.25. The lowest BCUT2D eigenvalue weighted by Gasteiger charge is -2.18. The molecule has 7 nitrogen and oxygen atoms in total. The lowest BCUT2D eigenvalue weighted by molar-refractivity contribution is -0.113. The standard InChI is InChI=1S/C24H28N4O3S2/c1-13(2)11-28-23(31)20-17-9-4-14(3)10-18(17)33-22(20)27-24(28)32-12-19(29)26-16-7-5-15(6-8-16)21(25)30/h5-8,13-14H,4,9-12H2,1-3H3,(H2,25,30)(H,26,29). The maximum atomic E-state index is 13.5. The van der Waals surface area contributed by atoms with Crippen molar-refractivity contribution >= 4 is 50.8 Å². The molecule has 0 fully saturated rings. The maximum Gasteiger partial charge on any atom is 0.263 e. The van der Waals surface area contributed by atoms with Crippen molar-refractivity contribution < 1.29 is 9.59 Å². The molecule has 33 heavy (non-hydrogen) atoms. The Balaban J connectivity index is 1.57. The van der Waals surface area contributed by atoms with Crippen LogP contribution in [0, 0.1) is 11.8 Å². The molecule has 1 aliphatic rings. The van der Waals surface area contributed by atoms with Gasteiger partial charge in [0.05, 0.1) is 11.1 Å². The van der Waals surface area contributed by atoms with Crippen molar-refractivity contribution in [3.8, 4) is 0 Å². The first-order valence-corrected chi connectivity index (χ1v) is 12.9. The van der Waals surface area contributed by atoms with Gasteiger partial charge < -0.3 is 11.1 Å². The van der Waals surface area contributed by atoms with E-state index in [4.69, 9.17) is 10.7 Å². The molecule has 174 valence electrons. The number of anilines is 1. The third-order valence-electron chi connectivity index (χ3n) is 5.71. The Bertz CT molecular complexity index is 1260. The third kappa shape index (κ3) is 5.14. The molecule has 3 aromatic rings. The van der Waals surface area contributed by atoms with Gasteiger partial charge in [-0.15, -0.1) is 11.3 Å². The van der Waals surface area contributed by atoms with Gasteiger partial charge in [-0.2, -0.15) is 0 Å². The largest absolute Gasteiger partial charge is 0.366 e. The summed E-state index contributed by atoms with van der Waals surface area (Å²) in [6, 6.07) is 6.41. The minimum Gasteiger partial charge on any atom is -0.366 e. The van der Waals surface area contributed by atoms with E-state index in [1.807, 2.05) is 0 Å². The summed E-state index contributed by atoms with van der Waals surface area (Å²) in [6.07, 6.45) is 3.03. The summed E-state index contributed by atoms with van der Waals surface area (Å²) in [5.41, 5.74) is 7.39. The summed E-state index contributed by atoms with van der Waals surface area (Å²) in [5, 5.41) is 4.16. The number of carbonyl (C=O) groups excluding carboxylic acids is 2. The Hall–Kier alpha value is -2.65. The monoisotopic (exact) mass is 484 g/mol. The number of amides is 2. The van der Waals surface area contributed by atoms with Gasteiger partial charge in [-0.05, 0) is 60.9 Å². The van der Waals surface area contributed by atoms with Crippen LogP contribution >= 0.6 is 23.1 Å². The SMILES string of the molecule is CC(C)Cn1c(SCC(=O)Nc2ccc(C(N)=O)cc2)nc2sc3c(c2c1=O)CCC(C)C3. The smallest absolute Gasteiger partial charge is 0.263 e. The number of nitrogens with two attached hydrogens (primary N) is 1. The van der Waals surface area contributed by atoms with Gasteiger partial charge in [0.2, 0.25) is 11.8 Å². The Morgan fingerprint density at radius 1 is 1.30 bits per heavy atom. The molecule has 0 spiro atoms. The van der Waals surface area contributed by atoms with Crippen molar-refractivity contribution in [1.29, 1.82) is 0 Å². The van der Waals surface area contributed by atoms with Crippen LogP contribution in [0.25, 0.3) is 10.2 Å². The van der Waals surface area contributed by atoms with E-state index < -0.39 is 5.91 Å². The minimum atomic E-state index is -0.516. The third-order valence-corrected chi connectivity index (χ3v) is 7.84. The predicted octanol–water partition coefficient (Wildman–Crippen LogP) is 4.07. The number of thiophene rings is 1. The topological polar surface area (TPSA) is 107 Å². The van der Waals surface area contributed by atoms with E-state index >= 15 is 0 Å². The van der Waals surface area contributed by atoms with E-state index in [1.165, 1.54) is 22.2 Å². The van der Waals surface area contributed by atoms with Gasteiger partial charge in [-0.25, -0.2) is 4.98 Å². The lowest BCUT2D eigenvalue weighted by Crippen LogP contribution is -2.26. The predicted molar refractivity (Wildman–Crippen MR) is 134 cm³/mol. The Morgan fingerprint density at radius 2 is 2.03 bits per heavy atom. The second kappa shape index (κ2) is 9.69.